The summed E-state index contributed by atoms with van der Waals surface area (Å²) in [6, 6.07) is 3.51. The van der Waals surface area contributed by atoms with E-state index in [1.807, 2.05) is 0 Å². The van der Waals surface area contributed by atoms with E-state index in [2.05, 4.69) is 53.9 Å². The molecule has 1 unspecified atom stereocenters. The van der Waals surface area contributed by atoms with E-state index in [1.54, 1.807) is 18.3 Å². The maximum Gasteiger partial charge on any atom is 0.254 e. The molecule has 0 aromatic carbocycles. The molecule has 94 valence electrons. The molecular formula is C13H19BrN2O. The molecule has 0 bridgehead atoms. The number of amides is 1. The van der Waals surface area contributed by atoms with Gasteiger partial charge >= 0.3 is 0 Å². The quantitative estimate of drug-likeness (QED) is 0.870. The van der Waals surface area contributed by atoms with E-state index in [-0.39, 0.29) is 11.3 Å². The van der Waals surface area contributed by atoms with Gasteiger partial charge in [0.25, 0.3) is 5.91 Å². The van der Waals surface area contributed by atoms with E-state index in [0.29, 0.717) is 22.6 Å². The molecule has 0 aliphatic heterocycles. The van der Waals surface area contributed by atoms with Crippen LogP contribution in [0.4, 0.5) is 0 Å². The summed E-state index contributed by atoms with van der Waals surface area (Å²) in [4.78, 5) is 15.9. The van der Waals surface area contributed by atoms with Crippen molar-refractivity contribution in [2.75, 3.05) is 6.54 Å². The van der Waals surface area contributed by atoms with Gasteiger partial charge in [-0.3, -0.25) is 4.79 Å². The minimum atomic E-state index is -0.0823. The fraction of sp³-hybridized carbons (Fsp3) is 0.538. The van der Waals surface area contributed by atoms with Crippen LogP contribution in [0.25, 0.3) is 0 Å². The van der Waals surface area contributed by atoms with Gasteiger partial charge in [0.15, 0.2) is 0 Å². The van der Waals surface area contributed by atoms with Crippen LogP contribution < -0.4 is 5.32 Å². The third-order valence-electron chi connectivity index (χ3n) is 3.05. The molecule has 1 N–H and O–H groups in total. The van der Waals surface area contributed by atoms with E-state index in [0.717, 1.165) is 0 Å². The lowest BCUT2D eigenvalue weighted by atomic mass is 9.82. The third-order valence-corrected chi connectivity index (χ3v) is 3.68. The standard InChI is InChI=1S/C13H19BrN2O/c1-9(13(2,3)4)8-16-12(17)10-6-5-7-15-11(10)14/h5-7,9H,8H2,1-4H3,(H,16,17). The van der Waals surface area contributed by atoms with Crippen molar-refractivity contribution >= 4 is 21.8 Å². The number of hydrogen-bond donors (Lipinski definition) is 1. The maximum absolute atomic E-state index is 11.9. The van der Waals surface area contributed by atoms with Crippen LogP contribution >= 0.6 is 15.9 Å². The second-order valence-electron chi connectivity index (χ2n) is 5.32. The van der Waals surface area contributed by atoms with Gasteiger partial charge in [0, 0.05) is 12.7 Å². The van der Waals surface area contributed by atoms with Gasteiger partial charge in [-0.15, -0.1) is 0 Å². The molecule has 1 heterocycles. The molecule has 3 nitrogen and oxygen atoms in total. The summed E-state index contributed by atoms with van der Waals surface area (Å²) in [5.74, 6) is 0.336. The summed E-state index contributed by atoms with van der Waals surface area (Å²) in [6.45, 7) is 9.32. The first-order valence-electron chi connectivity index (χ1n) is 5.71. The number of hydrogen-bond acceptors (Lipinski definition) is 2. The highest BCUT2D eigenvalue weighted by Crippen LogP contribution is 2.24. The topological polar surface area (TPSA) is 42.0 Å². The zero-order chi connectivity index (χ0) is 13.1. The molecule has 0 saturated heterocycles. The highest BCUT2D eigenvalue weighted by molar-refractivity contribution is 9.10. The average Bonchev–Trinajstić information content (AvgIpc) is 2.24. The lowest BCUT2D eigenvalue weighted by molar-refractivity contribution is 0.0936. The molecule has 1 rings (SSSR count). The molecule has 0 aliphatic carbocycles. The molecule has 0 spiro atoms. The highest BCUT2D eigenvalue weighted by atomic mass is 79.9. The van der Waals surface area contributed by atoms with Crippen molar-refractivity contribution in [2.24, 2.45) is 11.3 Å². The number of halogens is 1. The number of nitrogens with zero attached hydrogens (tertiary/aromatic N) is 1. The zero-order valence-corrected chi connectivity index (χ0v) is 12.3. The Morgan fingerprint density at radius 1 is 1.53 bits per heavy atom. The van der Waals surface area contributed by atoms with Gasteiger partial charge in [-0.1, -0.05) is 27.7 Å². The Hall–Kier alpha value is -0.900. The highest BCUT2D eigenvalue weighted by Gasteiger charge is 2.21. The Morgan fingerprint density at radius 2 is 2.18 bits per heavy atom. The predicted octanol–water partition coefficient (Wildman–Crippen LogP) is 3.26. The van der Waals surface area contributed by atoms with E-state index in [4.69, 9.17) is 0 Å². The molecule has 0 radical (unpaired) electrons. The fourth-order valence-electron chi connectivity index (χ4n) is 1.20. The molecule has 4 heteroatoms. The summed E-state index contributed by atoms with van der Waals surface area (Å²) >= 11 is 3.27. The minimum Gasteiger partial charge on any atom is -0.352 e. The van der Waals surface area contributed by atoms with Gasteiger partial charge in [0.1, 0.15) is 4.60 Å². The molecule has 0 saturated carbocycles. The van der Waals surface area contributed by atoms with Crippen LogP contribution in [0.3, 0.4) is 0 Å². The summed E-state index contributed by atoms with van der Waals surface area (Å²) in [5, 5.41) is 2.94. The molecule has 17 heavy (non-hydrogen) atoms. The number of pyridine rings is 1. The Balaban J connectivity index is 2.60. The van der Waals surface area contributed by atoms with Crippen molar-refractivity contribution in [3.8, 4) is 0 Å². The van der Waals surface area contributed by atoms with Gasteiger partial charge in [0.2, 0.25) is 0 Å². The summed E-state index contributed by atoms with van der Waals surface area (Å²) in [6.07, 6.45) is 1.65. The van der Waals surface area contributed by atoms with Crippen molar-refractivity contribution in [2.45, 2.75) is 27.7 Å². The van der Waals surface area contributed by atoms with Crippen LogP contribution in [0.2, 0.25) is 0 Å². The van der Waals surface area contributed by atoms with Crippen molar-refractivity contribution in [3.63, 3.8) is 0 Å². The van der Waals surface area contributed by atoms with Crippen LogP contribution in [0.5, 0.6) is 0 Å². The second-order valence-corrected chi connectivity index (χ2v) is 6.07. The number of aromatic nitrogens is 1. The first-order valence-corrected chi connectivity index (χ1v) is 6.50. The summed E-state index contributed by atoms with van der Waals surface area (Å²) < 4.78 is 0.584. The van der Waals surface area contributed by atoms with Crippen LogP contribution in [0.1, 0.15) is 38.1 Å². The smallest absolute Gasteiger partial charge is 0.254 e. The summed E-state index contributed by atoms with van der Waals surface area (Å²) in [7, 11) is 0. The lowest BCUT2D eigenvalue weighted by Gasteiger charge is -2.27. The molecular weight excluding hydrogens is 280 g/mol. The first-order chi connectivity index (χ1) is 7.82. The number of rotatable bonds is 3. The van der Waals surface area contributed by atoms with Crippen molar-refractivity contribution in [1.82, 2.24) is 10.3 Å². The van der Waals surface area contributed by atoms with Gasteiger partial charge in [-0.2, -0.15) is 0 Å². The Kier molecular flexibility index (Phi) is 4.69. The normalized spacial score (nSPS) is 13.2. The average molecular weight is 299 g/mol. The van der Waals surface area contributed by atoms with E-state index in [9.17, 15) is 4.79 Å². The van der Waals surface area contributed by atoms with Gasteiger partial charge in [0.05, 0.1) is 5.56 Å². The van der Waals surface area contributed by atoms with Crippen LogP contribution in [-0.2, 0) is 0 Å². The monoisotopic (exact) mass is 298 g/mol. The van der Waals surface area contributed by atoms with E-state index < -0.39 is 0 Å². The maximum atomic E-state index is 11.9. The minimum absolute atomic E-state index is 0.0823. The zero-order valence-electron chi connectivity index (χ0n) is 10.7. The Labute approximate surface area is 111 Å². The Morgan fingerprint density at radius 3 is 2.71 bits per heavy atom. The molecule has 1 amide bonds. The predicted molar refractivity (Wildman–Crippen MR) is 72.9 cm³/mol. The first kappa shape index (κ1) is 14.2. The van der Waals surface area contributed by atoms with Crippen LogP contribution in [-0.4, -0.2) is 17.4 Å². The summed E-state index contributed by atoms with van der Waals surface area (Å²) in [5.41, 5.74) is 0.771. The van der Waals surface area contributed by atoms with Gasteiger partial charge < -0.3 is 5.32 Å². The van der Waals surface area contributed by atoms with Crippen molar-refractivity contribution < 1.29 is 4.79 Å². The molecule has 0 aliphatic rings. The molecule has 0 fully saturated rings. The SMILES string of the molecule is CC(CNC(=O)c1cccnc1Br)C(C)(C)C. The van der Waals surface area contributed by atoms with Crippen molar-refractivity contribution in [1.29, 1.82) is 0 Å². The molecule has 1 atom stereocenters. The number of carbonyl (C=O) groups is 1. The van der Waals surface area contributed by atoms with Gasteiger partial charge in [-0.25, -0.2) is 4.98 Å². The largest absolute Gasteiger partial charge is 0.352 e. The lowest BCUT2D eigenvalue weighted by Crippen LogP contribution is -2.33. The number of nitrogens with one attached hydrogen (secondary N) is 1. The second kappa shape index (κ2) is 5.63. The number of carbonyl (C=O) groups excluding carboxylic acids is 1. The van der Waals surface area contributed by atoms with Crippen molar-refractivity contribution in [3.05, 3.63) is 28.5 Å². The van der Waals surface area contributed by atoms with Crippen LogP contribution in [0.15, 0.2) is 22.9 Å². The third kappa shape index (κ3) is 4.11. The van der Waals surface area contributed by atoms with Crippen LogP contribution in [0, 0.1) is 11.3 Å². The molecule has 1 aromatic rings. The Bertz CT molecular complexity index is 399. The van der Waals surface area contributed by atoms with Gasteiger partial charge in [-0.05, 0) is 39.4 Å². The molecule has 1 aromatic heterocycles. The fourth-order valence-corrected chi connectivity index (χ4v) is 1.63. The van der Waals surface area contributed by atoms with E-state index in [1.165, 1.54) is 0 Å². The van der Waals surface area contributed by atoms with E-state index >= 15 is 0 Å².